The second-order valence-electron chi connectivity index (χ2n) is 5.45. The molecule has 1 unspecified atom stereocenters. The molecule has 0 saturated carbocycles. The summed E-state index contributed by atoms with van der Waals surface area (Å²) < 4.78 is 24.0. The maximum absolute atomic E-state index is 12.9. The molecule has 0 bridgehead atoms. The third-order valence-electron chi connectivity index (χ3n) is 3.47. The molecule has 7 heteroatoms. The quantitative estimate of drug-likeness (QED) is 0.723. The Morgan fingerprint density at radius 3 is 2.76 bits per heavy atom. The first kappa shape index (κ1) is 17.2. The molecular weight excluding hydrogens is 343 g/mol. The average molecular weight is 360 g/mol. The molecule has 0 aliphatic carbocycles. The number of rotatable bonds is 6. The fourth-order valence-electron chi connectivity index (χ4n) is 2.18. The summed E-state index contributed by atoms with van der Waals surface area (Å²) >= 11 is 1.55. The van der Waals surface area contributed by atoms with Crippen molar-refractivity contribution >= 4 is 17.2 Å². The minimum Gasteiger partial charge on any atom is -0.481 e. The Kier molecular flexibility index (Phi) is 5.14. The van der Waals surface area contributed by atoms with Crippen molar-refractivity contribution in [2.75, 3.05) is 0 Å². The Labute approximate surface area is 148 Å². The summed E-state index contributed by atoms with van der Waals surface area (Å²) in [5, 5.41) is 5.64. The Morgan fingerprint density at radius 1 is 1.32 bits per heavy atom. The van der Waals surface area contributed by atoms with Crippen LogP contribution in [0.25, 0.3) is 11.5 Å². The average Bonchev–Trinajstić information content (AvgIpc) is 3.23. The van der Waals surface area contributed by atoms with E-state index in [9.17, 15) is 9.18 Å². The number of furan rings is 1. The highest BCUT2D eigenvalue weighted by Crippen LogP contribution is 2.23. The number of benzene rings is 1. The molecule has 3 rings (SSSR count). The van der Waals surface area contributed by atoms with Crippen molar-refractivity contribution in [3.05, 3.63) is 58.4 Å². The van der Waals surface area contributed by atoms with Crippen molar-refractivity contribution in [1.82, 2.24) is 10.3 Å². The van der Waals surface area contributed by atoms with Gasteiger partial charge in [-0.1, -0.05) is 0 Å². The number of thiazole rings is 1. The number of carbonyl (C=O) groups excluding carboxylic acids is 1. The normalized spacial score (nSPS) is 12.0. The number of hydrogen-bond donors (Lipinski definition) is 1. The van der Waals surface area contributed by atoms with E-state index in [1.165, 1.54) is 24.3 Å². The van der Waals surface area contributed by atoms with Gasteiger partial charge in [0.15, 0.2) is 11.9 Å². The highest BCUT2D eigenvalue weighted by atomic mass is 32.1. The molecule has 0 aliphatic heterocycles. The lowest BCUT2D eigenvalue weighted by Crippen LogP contribution is -2.35. The molecule has 130 valence electrons. The van der Waals surface area contributed by atoms with E-state index in [-0.39, 0.29) is 18.3 Å². The number of amides is 1. The number of aryl methyl sites for hydroxylation is 1. The van der Waals surface area contributed by atoms with Crippen LogP contribution in [0, 0.1) is 12.7 Å². The summed E-state index contributed by atoms with van der Waals surface area (Å²) in [5.41, 5.74) is 0.785. The van der Waals surface area contributed by atoms with Gasteiger partial charge in [-0.25, -0.2) is 9.37 Å². The van der Waals surface area contributed by atoms with Crippen molar-refractivity contribution in [2.45, 2.75) is 26.5 Å². The Bertz CT molecular complexity index is 857. The van der Waals surface area contributed by atoms with Gasteiger partial charge < -0.3 is 14.5 Å². The van der Waals surface area contributed by atoms with Crippen molar-refractivity contribution in [1.29, 1.82) is 0 Å². The molecule has 2 aromatic heterocycles. The molecule has 1 amide bonds. The maximum atomic E-state index is 12.9. The van der Waals surface area contributed by atoms with Gasteiger partial charge in [0.2, 0.25) is 0 Å². The molecule has 0 radical (unpaired) electrons. The first-order valence-corrected chi connectivity index (χ1v) is 8.60. The van der Waals surface area contributed by atoms with Crippen LogP contribution >= 0.6 is 11.3 Å². The molecular formula is C18H17FN2O3S. The minimum absolute atomic E-state index is 0.249. The van der Waals surface area contributed by atoms with Crippen LogP contribution in [0.3, 0.4) is 0 Å². The van der Waals surface area contributed by atoms with E-state index >= 15 is 0 Å². The van der Waals surface area contributed by atoms with Gasteiger partial charge in [-0.05, 0) is 50.2 Å². The van der Waals surface area contributed by atoms with Crippen LogP contribution in [0.15, 0.2) is 46.2 Å². The zero-order valence-corrected chi connectivity index (χ0v) is 14.6. The zero-order chi connectivity index (χ0) is 17.8. The molecule has 1 N–H and O–H groups in total. The highest BCUT2D eigenvalue weighted by molar-refractivity contribution is 7.09. The van der Waals surface area contributed by atoms with E-state index in [0.29, 0.717) is 17.3 Å². The molecule has 25 heavy (non-hydrogen) atoms. The first-order chi connectivity index (χ1) is 12.0. The van der Waals surface area contributed by atoms with E-state index in [1.54, 1.807) is 24.3 Å². The standard InChI is InChI=1S/C18H17FN2O3S/c1-11(23-14-5-3-13(19)4-6-14)18(22)20-9-15-7-8-17(24-15)16-10-25-12(2)21-16/h3-8,10-11H,9H2,1-2H3,(H,20,22). The molecule has 1 aromatic carbocycles. The second-order valence-corrected chi connectivity index (χ2v) is 6.51. The predicted molar refractivity (Wildman–Crippen MR) is 92.9 cm³/mol. The predicted octanol–water partition coefficient (Wildman–Crippen LogP) is 3.93. The molecule has 3 aromatic rings. The van der Waals surface area contributed by atoms with Gasteiger partial charge in [0.25, 0.3) is 5.91 Å². The van der Waals surface area contributed by atoms with E-state index in [1.807, 2.05) is 18.4 Å². The molecule has 5 nitrogen and oxygen atoms in total. The van der Waals surface area contributed by atoms with Gasteiger partial charge >= 0.3 is 0 Å². The number of halogens is 1. The topological polar surface area (TPSA) is 64.4 Å². The fourth-order valence-corrected chi connectivity index (χ4v) is 2.78. The number of carbonyl (C=O) groups is 1. The van der Waals surface area contributed by atoms with Crippen LogP contribution in [0.4, 0.5) is 4.39 Å². The van der Waals surface area contributed by atoms with Crippen LogP contribution in [0.1, 0.15) is 17.7 Å². The summed E-state index contributed by atoms with van der Waals surface area (Å²) in [4.78, 5) is 16.5. The lowest BCUT2D eigenvalue weighted by molar-refractivity contribution is -0.127. The summed E-state index contributed by atoms with van der Waals surface area (Å²) in [6.07, 6.45) is -0.707. The molecule has 0 spiro atoms. The second kappa shape index (κ2) is 7.48. The summed E-state index contributed by atoms with van der Waals surface area (Å²) in [6.45, 7) is 3.81. The lowest BCUT2D eigenvalue weighted by atomic mass is 10.3. The number of aromatic nitrogens is 1. The van der Waals surface area contributed by atoms with E-state index in [2.05, 4.69) is 10.3 Å². The summed E-state index contributed by atoms with van der Waals surface area (Å²) in [5.74, 6) is 1.09. The minimum atomic E-state index is -0.707. The van der Waals surface area contributed by atoms with Crippen LogP contribution in [0.5, 0.6) is 5.75 Å². The van der Waals surface area contributed by atoms with Crippen LogP contribution < -0.4 is 10.1 Å². The van der Waals surface area contributed by atoms with Crippen LogP contribution in [-0.4, -0.2) is 17.0 Å². The molecule has 1 atom stereocenters. The number of nitrogens with zero attached hydrogens (tertiary/aromatic N) is 1. The largest absolute Gasteiger partial charge is 0.481 e. The smallest absolute Gasteiger partial charge is 0.261 e. The van der Waals surface area contributed by atoms with Gasteiger partial charge in [-0.3, -0.25) is 4.79 Å². The monoisotopic (exact) mass is 360 g/mol. The Morgan fingerprint density at radius 2 is 2.08 bits per heavy atom. The molecule has 0 aliphatic rings. The van der Waals surface area contributed by atoms with Crippen molar-refractivity contribution in [3.8, 4) is 17.2 Å². The Balaban J connectivity index is 1.53. The van der Waals surface area contributed by atoms with Gasteiger partial charge in [-0.15, -0.1) is 11.3 Å². The SMILES string of the molecule is Cc1nc(-c2ccc(CNC(=O)C(C)Oc3ccc(F)cc3)o2)cs1. The zero-order valence-electron chi connectivity index (χ0n) is 13.8. The first-order valence-electron chi connectivity index (χ1n) is 7.72. The van der Waals surface area contributed by atoms with Crippen molar-refractivity contribution < 1.29 is 18.3 Å². The van der Waals surface area contributed by atoms with E-state index in [4.69, 9.17) is 9.15 Å². The van der Waals surface area contributed by atoms with Gasteiger partial charge in [0.05, 0.1) is 11.6 Å². The maximum Gasteiger partial charge on any atom is 0.261 e. The van der Waals surface area contributed by atoms with Gasteiger partial charge in [0.1, 0.15) is 23.0 Å². The molecule has 2 heterocycles. The Hall–Kier alpha value is -2.67. The third-order valence-corrected chi connectivity index (χ3v) is 4.24. The fraction of sp³-hybridized carbons (Fsp3) is 0.222. The van der Waals surface area contributed by atoms with Crippen LogP contribution in [-0.2, 0) is 11.3 Å². The lowest BCUT2D eigenvalue weighted by Gasteiger charge is -2.14. The molecule has 0 fully saturated rings. The highest BCUT2D eigenvalue weighted by Gasteiger charge is 2.15. The number of ether oxygens (including phenoxy) is 1. The number of nitrogens with one attached hydrogen (secondary N) is 1. The van der Waals surface area contributed by atoms with Crippen LogP contribution in [0.2, 0.25) is 0 Å². The van der Waals surface area contributed by atoms with Gasteiger partial charge in [0, 0.05) is 5.38 Å². The third kappa shape index (κ3) is 4.45. The summed E-state index contributed by atoms with van der Waals surface area (Å²) in [6, 6.07) is 9.15. The van der Waals surface area contributed by atoms with Crippen molar-refractivity contribution in [3.63, 3.8) is 0 Å². The van der Waals surface area contributed by atoms with E-state index < -0.39 is 6.10 Å². The van der Waals surface area contributed by atoms with Crippen molar-refractivity contribution in [2.24, 2.45) is 0 Å². The molecule has 0 saturated heterocycles. The number of hydrogen-bond acceptors (Lipinski definition) is 5. The summed E-state index contributed by atoms with van der Waals surface area (Å²) in [7, 11) is 0. The van der Waals surface area contributed by atoms with E-state index in [0.717, 1.165) is 10.7 Å². The van der Waals surface area contributed by atoms with Gasteiger partial charge in [-0.2, -0.15) is 0 Å².